The summed E-state index contributed by atoms with van der Waals surface area (Å²) in [4.78, 5) is 13.0. The van der Waals surface area contributed by atoms with Crippen molar-refractivity contribution in [2.45, 2.75) is 17.2 Å². The Morgan fingerprint density at radius 3 is 2.47 bits per heavy atom. The Balaban J connectivity index is 1.42. The van der Waals surface area contributed by atoms with Crippen LogP contribution in [-0.4, -0.2) is 31.2 Å². The summed E-state index contributed by atoms with van der Waals surface area (Å²) >= 11 is 6.39. The number of para-hydroxylation sites is 1. The summed E-state index contributed by atoms with van der Waals surface area (Å²) in [6.07, 6.45) is 2.63. The van der Waals surface area contributed by atoms with Crippen molar-refractivity contribution in [1.29, 1.82) is 0 Å². The second kappa shape index (κ2) is 9.42. The molecule has 0 spiro atoms. The zero-order valence-electron chi connectivity index (χ0n) is 19.3. The Kier molecular flexibility index (Phi) is 6.29. The number of anilines is 1. The molecule has 1 aliphatic carbocycles. The summed E-state index contributed by atoms with van der Waals surface area (Å²) in [6, 6.07) is 21.0. The van der Waals surface area contributed by atoms with Crippen LogP contribution in [0.4, 0.5) is 5.69 Å². The van der Waals surface area contributed by atoms with E-state index in [9.17, 15) is 13.2 Å². The number of methoxy groups -OCH3 is 1. The predicted molar refractivity (Wildman–Crippen MR) is 138 cm³/mol. The fraction of sp³-hybridized carbons (Fsp3) is 0.154. The van der Waals surface area contributed by atoms with Gasteiger partial charge in [0.2, 0.25) is 15.9 Å². The van der Waals surface area contributed by atoms with Gasteiger partial charge in [0.25, 0.3) is 0 Å². The van der Waals surface area contributed by atoms with Gasteiger partial charge in [0, 0.05) is 34.8 Å². The molecule has 0 radical (unpaired) electrons. The third-order valence-electron chi connectivity index (χ3n) is 6.17. The van der Waals surface area contributed by atoms with Gasteiger partial charge in [-0.05, 0) is 61.0 Å². The van der Waals surface area contributed by atoms with Crippen molar-refractivity contribution in [1.82, 2.24) is 9.78 Å². The van der Waals surface area contributed by atoms with Crippen LogP contribution < -0.4 is 15.2 Å². The van der Waals surface area contributed by atoms with E-state index in [-0.39, 0.29) is 22.6 Å². The first-order valence-corrected chi connectivity index (χ1v) is 13.1. The monoisotopic (exact) mass is 522 g/mol. The molecular formula is C26H23ClN4O4S. The van der Waals surface area contributed by atoms with Crippen LogP contribution in [0, 0.1) is 5.92 Å². The van der Waals surface area contributed by atoms with Gasteiger partial charge in [0.1, 0.15) is 5.75 Å². The second-order valence-electron chi connectivity index (χ2n) is 8.57. The SMILES string of the molecule is COc1ccc(-c2nn(-c3ccccc3)cc2C2CC2C(=O)Nc2ccc(S(N)(=O)=O)cc2)cc1Cl. The predicted octanol–water partition coefficient (Wildman–Crippen LogP) is 4.59. The molecule has 5 rings (SSSR count). The number of carbonyl (C=O) groups is 1. The summed E-state index contributed by atoms with van der Waals surface area (Å²) < 4.78 is 30.0. The average molecular weight is 523 g/mol. The van der Waals surface area contributed by atoms with Crippen molar-refractivity contribution in [3.63, 3.8) is 0 Å². The smallest absolute Gasteiger partial charge is 0.238 e. The molecule has 1 aliphatic rings. The number of halogens is 1. The molecule has 0 saturated heterocycles. The standard InChI is InChI=1S/C26H23ClN4O4S/c1-35-24-12-7-16(13-23(24)27)25-22(15-31(30-25)18-5-3-2-4-6-18)20-14-21(20)26(32)29-17-8-10-19(11-9-17)36(28,33)34/h2-13,15,20-21H,14H2,1H3,(H,29,32)(H2,28,33,34). The van der Waals surface area contributed by atoms with E-state index in [2.05, 4.69) is 5.32 Å². The number of hydrogen-bond acceptors (Lipinski definition) is 5. The van der Waals surface area contributed by atoms with Crippen LogP contribution in [0.5, 0.6) is 5.75 Å². The van der Waals surface area contributed by atoms with Crippen molar-refractivity contribution in [2.24, 2.45) is 11.1 Å². The molecule has 1 fully saturated rings. The number of carbonyl (C=O) groups excluding carboxylic acids is 1. The zero-order valence-corrected chi connectivity index (χ0v) is 20.8. The number of nitrogens with zero attached hydrogens (tertiary/aromatic N) is 2. The highest BCUT2D eigenvalue weighted by atomic mass is 35.5. The third kappa shape index (κ3) is 4.86. The van der Waals surface area contributed by atoms with E-state index in [1.807, 2.05) is 53.3 Å². The molecule has 1 aromatic heterocycles. The molecular weight excluding hydrogens is 500 g/mol. The van der Waals surface area contributed by atoms with Gasteiger partial charge in [0.15, 0.2) is 0 Å². The summed E-state index contributed by atoms with van der Waals surface area (Å²) in [7, 11) is -2.23. The maximum Gasteiger partial charge on any atom is 0.238 e. The van der Waals surface area contributed by atoms with E-state index in [4.69, 9.17) is 26.6 Å². The number of aromatic nitrogens is 2. The Bertz CT molecular complexity index is 1540. The topological polar surface area (TPSA) is 116 Å². The van der Waals surface area contributed by atoms with Crippen LogP contribution in [0.3, 0.4) is 0 Å². The van der Waals surface area contributed by atoms with E-state index in [0.29, 0.717) is 22.9 Å². The van der Waals surface area contributed by atoms with E-state index >= 15 is 0 Å². The maximum atomic E-state index is 13.0. The second-order valence-corrected chi connectivity index (χ2v) is 10.5. The van der Waals surface area contributed by atoms with Crippen molar-refractivity contribution in [3.8, 4) is 22.7 Å². The van der Waals surface area contributed by atoms with Gasteiger partial charge in [-0.25, -0.2) is 18.2 Å². The Labute approximate surface area is 213 Å². The van der Waals surface area contributed by atoms with Crippen LogP contribution in [0.2, 0.25) is 5.02 Å². The van der Waals surface area contributed by atoms with Gasteiger partial charge >= 0.3 is 0 Å². The minimum atomic E-state index is -3.80. The molecule has 184 valence electrons. The van der Waals surface area contributed by atoms with Gasteiger partial charge in [-0.3, -0.25) is 4.79 Å². The molecule has 1 saturated carbocycles. The fourth-order valence-corrected chi connectivity index (χ4v) is 4.97. The Morgan fingerprint density at radius 1 is 1.11 bits per heavy atom. The number of nitrogens with one attached hydrogen (secondary N) is 1. The molecule has 2 atom stereocenters. The molecule has 1 heterocycles. The number of nitrogens with two attached hydrogens (primary N) is 1. The fourth-order valence-electron chi connectivity index (χ4n) is 4.20. The highest BCUT2D eigenvalue weighted by Gasteiger charge is 2.46. The van der Waals surface area contributed by atoms with Crippen LogP contribution in [0.25, 0.3) is 16.9 Å². The summed E-state index contributed by atoms with van der Waals surface area (Å²) in [6.45, 7) is 0. The number of sulfonamides is 1. The van der Waals surface area contributed by atoms with Crippen molar-refractivity contribution < 1.29 is 17.9 Å². The van der Waals surface area contributed by atoms with Crippen LogP contribution in [-0.2, 0) is 14.8 Å². The zero-order chi connectivity index (χ0) is 25.4. The van der Waals surface area contributed by atoms with Crippen LogP contribution in [0.1, 0.15) is 17.9 Å². The van der Waals surface area contributed by atoms with Gasteiger partial charge in [0.05, 0.1) is 28.4 Å². The first-order valence-electron chi connectivity index (χ1n) is 11.2. The first kappa shape index (κ1) is 24.1. The van der Waals surface area contributed by atoms with E-state index < -0.39 is 10.0 Å². The number of primary sulfonamides is 1. The molecule has 3 aromatic carbocycles. The third-order valence-corrected chi connectivity index (χ3v) is 7.39. The number of amides is 1. The molecule has 36 heavy (non-hydrogen) atoms. The van der Waals surface area contributed by atoms with Gasteiger partial charge in [-0.2, -0.15) is 5.10 Å². The molecule has 0 bridgehead atoms. The van der Waals surface area contributed by atoms with Crippen molar-refractivity contribution >= 4 is 33.2 Å². The largest absolute Gasteiger partial charge is 0.495 e. The lowest BCUT2D eigenvalue weighted by atomic mass is 10.0. The molecule has 2 unspecified atom stereocenters. The van der Waals surface area contributed by atoms with Gasteiger partial charge < -0.3 is 10.1 Å². The Morgan fingerprint density at radius 2 is 1.83 bits per heavy atom. The minimum absolute atomic E-state index is 0.0130. The lowest BCUT2D eigenvalue weighted by Crippen LogP contribution is -2.15. The van der Waals surface area contributed by atoms with Crippen molar-refractivity contribution in [3.05, 3.63) is 89.6 Å². The molecule has 8 nitrogen and oxygen atoms in total. The summed E-state index contributed by atoms with van der Waals surface area (Å²) in [5.74, 6) is 0.155. The van der Waals surface area contributed by atoms with Gasteiger partial charge in [-0.1, -0.05) is 29.8 Å². The molecule has 0 aliphatic heterocycles. The number of hydrogen-bond donors (Lipinski definition) is 2. The minimum Gasteiger partial charge on any atom is -0.495 e. The normalized spacial score (nSPS) is 17.0. The molecule has 3 N–H and O–H groups in total. The molecule has 1 amide bonds. The maximum absolute atomic E-state index is 13.0. The van der Waals surface area contributed by atoms with Gasteiger partial charge in [-0.15, -0.1) is 0 Å². The Hall–Kier alpha value is -3.66. The summed E-state index contributed by atoms with van der Waals surface area (Å²) in [5, 5.41) is 13.3. The lowest BCUT2D eigenvalue weighted by molar-refractivity contribution is -0.117. The number of ether oxygens (including phenoxy) is 1. The number of rotatable bonds is 7. The molecule has 10 heteroatoms. The molecule has 4 aromatic rings. The number of benzene rings is 3. The van der Waals surface area contributed by atoms with Crippen LogP contribution in [0.15, 0.2) is 83.9 Å². The quantitative estimate of drug-likeness (QED) is 0.368. The van der Waals surface area contributed by atoms with E-state index in [1.54, 1.807) is 13.2 Å². The summed E-state index contributed by atoms with van der Waals surface area (Å²) in [5.41, 5.74) is 3.93. The first-order chi connectivity index (χ1) is 17.2. The van der Waals surface area contributed by atoms with E-state index in [1.165, 1.54) is 24.3 Å². The lowest BCUT2D eigenvalue weighted by Gasteiger charge is -2.07. The highest BCUT2D eigenvalue weighted by molar-refractivity contribution is 7.89. The highest BCUT2D eigenvalue weighted by Crippen LogP contribution is 2.51. The van der Waals surface area contributed by atoms with Crippen molar-refractivity contribution in [2.75, 3.05) is 12.4 Å². The van der Waals surface area contributed by atoms with Crippen LogP contribution >= 0.6 is 11.6 Å². The van der Waals surface area contributed by atoms with E-state index in [0.717, 1.165) is 22.5 Å². The average Bonchev–Trinajstić information content (AvgIpc) is 3.55.